The van der Waals surface area contributed by atoms with Gasteiger partial charge in [0.05, 0.1) is 17.2 Å². The lowest BCUT2D eigenvalue weighted by molar-refractivity contribution is -0.125. The number of nitrogens with zero attached hydrogens (tertiary/aromatic N) is 1. The van der Waals surface area contributed by atoms with Crippen LogP contribution in [-0.2, 0) is 9.59 Å². The van der Waals surface area contributed by atoms with Crippen LogP contribution in [0.25, 0.3) is 0 Å². The van der Waals surface area contributed by atoms with Gasteiger partial charge in [0.2, 0.25) is 11.8 Å². The molecule has 1 heterocycles. The lowest BCUT2D eigenvalue weighted by Gasteiger charge is -2.15. The first-order valence-electron chi connectivity index (χ1n) is 6.74. The Morgan fingerprint density at radius 2 is 2.14 bits per heavy atom. The first kappa shape index (κ1) is 16.2. The quantitative estimate of drug-likeness (QED) is 0.792. The molecular formula is C15H16BrN3O3. The van der Waals surface area contributed by atoms with Crippen molar-refractivity contribution in [2.75, 3.05) is 18.4 Å². The number of hydrogen-bond donors (Lipinski definition) is 2. The molecule has 0 bridgehead atoms. The molecule has 6 nitrogen and oxygen atoms in total. The van der Waals surface area contributed by atoms with E-state index in [1.807, 2.05) is 0 Å². The number of carbonyl (C=O) groups is 3. The fourth-order valence-corrected chi connectivity index (χ4v) is 2.73. The van der Waals surface area contributed by atoms with E-state index in [1.54, 1.807) is 23.1 Å². The molecule has 1 unspecified atom stereocenters. The van der Waals surface area contributed by atoms with Gasteiger partial charge in [-0.25, -0.2) is 0 Å². The highest BCUT2D eigenvalue weighted by Gasteiger charge is 2.30. The van der Waals surface area contributed by atoms with Crippen molar-refractivity contribution in [3.8, 4) is 0 Å². The molecule has 1 aromatic rings. The molecule has 0 aromatic heterocycles. The average molecular weight is 366 g/mol. The Bertz CT molecular complexity index is 645. The first-order valence-corrected chi connectivity index (χ1v) is 7.53. The van der Waals surface area contributed by atoms with Gasteiger partial charge in [-0.15, -0.1) is 0 Å². The van der Waals surface area contributed by atoms with Crippen LogP contribution in [0.4, 0.5) is 5.69 Å². The van der Waals surface area contributed by atoms with Crippen LogP contribution in [0, 0.1) is 5.92 Å². The molecule has 3 N–H and O–H groups in total. The third kappa shape index (κ3) is 3.54. The van der Waals surface area contributed by atoms with Crippen LogP contribution in [0.15, 0.2) is 35.3 Å². The number of hydrogen-bond acceptors (Lipinski definition) is 3. The van der Waals surface area contributed by atoms with Crippen molar-refractivity contribution in [2.24, 2.45) is 11.7 Å². The predicted octanol–water partition coefficient (Wildman–Crippen LogP) is 1.52. The normalized spacial score (nSPS) is 17.1. The van der Waals surface area contributed by atoms with Crippen molar-refractivity contribution >= 4 is 39.3 Å². The predicted molar refractivity (Wildman–Crippen MR) is 86.2 cm³/mol. The van der Waals surface area contributed by atoms with E-state index in [4.69, 9.17) is 5.73 Å². The fraction of sp³-hybridized carbons (Fsp3) is 0.267. The maximum absolute atomic E-state index is 12.3. The molecule has 3 amide bonds. The second-order valence-corrected chi connectivity index (χ2v) is 5.93. The summed E-state index contributed by atoms with van der Waals surface area (Å²) >= 11 is 3.25. The molecule has 1 aliphatic heterocycles. The van der Waals surface area contributed by atoms with E-state index >= 15 is 0 Å². The summed E-state index contributed by atoms with van der Waals surface area (Å²) in [7, 11) is 0. The van der Waals surface area contributed by atoms with Crippen LogP contribution in [0.1, 0.15) is 16.8 Å². The van der Waals surface area contributed by atoms with Gasteiger partial charge < -0.3 is 16.0 Å². The molecule has 0 radical (unpaired) electrons. The minimum Gasteiger partial charge on any atom is -0.366 e. The van der Waals surface area contributed by atoms with Crippen LogP contribution < -0.4 is 11.1 Å². The Kier molecular flexibility index (Phi) is 4.97. The van der Waals surface area contributed by atoms with Crippen LogP contribution in [0.5, 0.6) is 0 Å². The molecule has 1 aromatic carbocycles. The highest BCUT2D eigenvalue weighted by atomic mass is 79.9. The monoisotopic (exact) mass is 365 g/mol. The van der Waals surface area contributed by atoms with Crippen molar-refractivity contribution in [2.45, 2.75) is 6.42 Å². The molecule has 116 valence electrons. The average Bonchev–Trinajstić information content (AvgIpc) is 2.98. The van der Waals surface area contributed by atoms with Crippen molar-refractivity contribution < 1.29 is 14.4 Å². The zero-order chi connectivity index (χ0) is 16.3. The van der Waals surface area contributed by atoms with Crippen molar-refractivity contribution in [3.63, 3.8) is 0 Å². The molecule has 2 rings (SSSR count). The largest absolute Gasteiger partial charge is 0.366 e. The van der Waals surface area contributed by atoms with E-state index < -0.39 is 5.91 Å². The number of rotatable bonds is 4. The zero-order valence-electron chi connectivity index (χ0n) is 11.8. The van der Waals surface area contributed by atoms with Gasteiger partial charge in [0.15, 0.2) is 0 Å². The zero-order valence-corrected chi connectivity index (χ0v) is 13.4. The number of halogens is 1. The van der Waals surface area contributed by atoms with Crippen molar-refractivity contribution in [1.82, 2.24) is 4.90 Å². The molecule has 7 heteroatoms. The fourth-order valence-electron chi connectivity index (χ4n) is 2.37. The molecule has 1 fully saturated rings. The van der Waals surface area contributed by atoms with E-state index in [2.05, 4.69) is 27.8 Å². The summed E-state index contributed by atoms with van der Waals surface area (Å²) in [6.45, 7) is 4.30. The highest BCUT2D eigenvalue weighted by molar-refractivity contribution is 9.10. The summed E-state index contributed by atoms with van der Waals surface area (Å²) in [5.41, 5.74) is 5.92. The molecular weight excluding hydrogens is 350 g/mol. The first-order chi connectivity index (χ1) is 10.4. The van der Waals surface area contributed by atoms with Crippen molar-refractivity contribution in [1.29, 1.82) is 0 Å². The Morgan fingerprint density at radius 3 is 2.77 bits per heavy atom. The Balaban J connectivity index is 2.09. The maximum atomic E-state index is 12.3. The molecule has 22 heavy (non-hydrogen) atoms. The van der Waals surface area contributed by atoms with Gasteiger partial charge in [0, 0.05) is 17.6 Å². The van der Waals surface area contributed by atoms with E-state index in [0.29, 0.717) is 29.7 Å². The summed E-state index contributed by atoms with van der Waals surface area (Å²) in [5, 5.41) is 2.71. The molecule has 0 aliphatic carbocycles. The van der Waals surface area contributed by atoms with Crippen LogP contribution in [-0.4, -0.2) is 35.7 Å². The van der Waals surface area contributed by atoms with E-state index in [9.17, 15) is 14.4 Å². The summed E-state index contributed by atoms with van der Waals surface area (Å²) in [6, 6.07) is 4.88. The Hall–Kier alpha value is -2.15. The number of anilines is 1. The number of benzene rings is 1. The summed E-state index contributed by atoms with van der Waals surface area (Å²) in [4.78, 5) is 36.8. The summed E-state index contributed by atoms with van der Waals surface area (Å²) in [5.74, 6) is -1.35. The second-order valence-electron chi connectivity index (χ2n) is 5.02. The standard InChI is InChI=1S/C15H16BrN3O3/c1-2-13(20)19-6-5-9(8-19)15(22)18-12-4-3-10(16)7-11(12)14(17)21/h2-4,7,9H,1,5-6,8H2,(H2,17,21)(H,18,22). The van der Waals surface area contributed by atoms with E-state index in [0.717, 1.165) is 0 Å². The number of primary amides is 1. The number of nitrogens with one attached hydrogen (secondary N) is 1. The molecule has 0 spiro atoms. The number of likely N-dealkylation sites (tertiary alicyclic amines) is 1. The summed E-state index contributed by atoms with van der Waals surface area (Å²) in [6.07, 6.45) is 1.81. The van der Waals surface area contributed by atoms with Gasteiger partial charge in [-0.05, 0) is 30.7 Å². The Labute approximate surface area is 136 Å². The molecule has 1 atom stereocenters. The lowest BCUT2D eigenvalue weighted by Crippen LogP contribution is -2.30. The minimum absolute atomic E-state index is 0.184. The van der Waals surface area contributed by atoms with Gasteiger partial charge in [0.1, 0.15) is 0 Å². The third-order valence-electron chi connectivity index (χ3n) is 3.55. The van der Waals surface area contributed by atoms with Gasteiger partial charge >= 0.3 is 0 Å². The topological polar surface area (TPSA) is 92.5 Å². The number of nitrogens with two attached hydrogens (primary N) is 1. The smallest absolute Gasteiger partial charge is 0.250 e. The van der Waals surface area contributed by atoms with Crippen LogP contribution >= 0.6 is 15.9 Å². The number of amides is 3. The number of carbonyl (C=O) groups excluding carboxylic acids is 3. The molecule has 1 aliphatic rings. The van der Waals surface area contributed by atoms with Gasteiger partial charge in [-0.3, -0.25) is 14.4 Å². The minimum atomic E-state index is -0.619. The van der Waals surface area contributed by atoms with Gasteiger partial charge in [0.25, 0.3) is 5.91 Å². The Morgan fingerprint density at radius 1 is 1.41 bits per heavy atom. The summed E-state index contributed by atoms with van der Waals surface area (Å²) < 4.78 is 0.697. The highest BCUT2D eigenvalue weighted by Crippen LogP contribution is 2.23. The van der Waals surface area contributed by atoms with Gasteiger partial charge in [-0.2, -0.15) is 0 Å². The molecule has 1 saturated heterocycles. The van der Waals surface area contributed by atoms with Crippen molar-refractivity contribution in [3.05, 3.63) is 40.9 Å². The maximum Gasteiger partial charge on any atom is 0.250 e. The van der Waals surface area contributed by atoms with Gasteiger partial charge in [-0.1, -0.05) is 22.5 Å². The van der Waals surface area contributed by atoms with Crippen LogP contribution in [0.2, 0.25) is 0 Å². The molecule has 0 saturated carbocycles. The van der Waals surface area contributed by atoms with Crippen LogP contribution in [0.3, 0.4) is 0 Å². The lowest BCUT2D eigenvalue weighted by atomic mass is 10.1. The second kappa shape index (κ2) is 6.74. The van der Waals surface area contributed by atoms with E-state index in [1.165, 1.54) is 6.08 Å². The van der Waals surface area contributed by atoms with E-state index in [-0.39, 0.29) is 23.3 Å². The third-order valence-corrected chi connectivity index (χ3v) is 4.04. The SMILES string of the molecule is C=CC(=O)N1CCC(C(=O)Nc2ccc(Br)cc2C(N)=O)C1.